The smallest absolute Gasteiger partial charge is 0.228 e. The highest BCUT2D eigenvalue weighted by Gasteiger charge is 2.34. The van der Waals surface area contributed by atoms with Crippen molar-refractivity contribution in [1.29, 1.82) is 0 Å². The van der Waals surface area contributed by atoms with Crippen LogP contribution in [0.5, 0.6) is 11.6 Å². The molecule has 6 nitrogen and oxygen atoms in total. The molecule has 2 fully saturated rings. The first-order valence-electron chi connectivity index (χ1n) is 8.94. The van der Waals surface area contributed by atoms with Gasteiger partial charge in [-0.3, -0.25) is 4.90 Å². The zero-order valence-electron chi connectivity index (χ0n) is 14.5. The molecule has 3 heterocycles. The van der Waals surface area contributed by atoms with E-state index in [1.165, 1.54) is 0 Å². The first-order chi connectivity index (χ1) is 12.3. The Labute approximate surface area is 148 Å². The molecule has 132 valence electrons. The maximum absolute atomic E-state index is 5.85. The van der Waals surface area contributed by atoms with Crippen molar-refractivity contribution in [3.05, 3.63) is 42.6 Å². The average Bonchev–Trinajstić information content (AvgIpc) is 3.05. The van der Waals surface area contributed by atoms with Crippen molar-refractivity contribution < 1.29 is 9.47 Å². The molecule has 0 bridgehead atoms. The molecule has 2 saturated heterocycles. The van der Waals surface area contributed by atoms with E-state index in [0.29, 0.717) is 18.0 Å². The molecule has 6 heteroatoms. The monoisotopic (exact) mass is 340 g/mol. The molecule has 1 aromatic heterocycles. The van der Waals surface area contributed by atoms with E-state index in [9.17, 15) is 0 Å². The molecule has 2 aliphatic heterocycles. The summed E-state index contributed by atoms with van der Waals surface area (Å²) in [4.78, 5) is 13.9. The van der Waals surface area contributed by atoms with Gasteiger partial charge in [0.25, 0.3) is 0 Å². The highest BCUT2D eigenvalue weighted by atomic mass is 16.5. The van der Waals surface area contributed by atoms with E-state index >= 15 is 0 Å². The van der Waals surface area contributed by atoms with E-state index in [-0.39, 0.29) is 0 Å². The number of nitrogens with zero attached hydrogens (tertiary/aromatic N) is 4. The van der Waals surface area contributed by atoms with Crippen LogP contribution in [-0.4, -0.2) is 59.8 Å². The highest BCUT2D eigenvalue weighted by Crippen LogP contribution is 2.28. The number of hydrogen-bond donors (Lipinski definition) is 0. The maximum Gasteiger partial charge on any atom is 0.228 e. The summed E-state index contributed by atoms with van der Waals surface area (Å²) in [5.74, 6) is 2.11. The summed E-state index contributed by atoms with van der Waals surface area (Å²) in [6.45, 7) is 6.90. The molecule has 25 heavy (non-hydrogen) atoms. The molecule has 1 aromatic carbocycles. The van der Waals surface area contributed by atoms with Crippen molar-refractivity contribution in [3.8, 4) is 11.6 Å². The van der Waals surface area contributed by atoms with E-state index < -0.39 is 0 Å². The van der Waals surface area contributed by atoms with Gasteiger partial charge in [0, 0.05) is 44.0 Å². The zero-order valence-corrected chi connectivity index (χ0v) is 14.5. The molecular formula is C19H24N4O2. The lowest BCUT2D eigenvalue weighted by Crippen LogP contribution is -2.44. The molecule has 2 unspecified atom stereocenters. The van der Waals surface area contributed by atoms with Crippen LogP contribution >= 0.6 is 0 Å². The predicted octanol–water partition coefficient (Wildman–Crippen LogP) is 2.57. The van der Waals surface area contributed by atoms with E-state index in [1.54, 1.807) is 12.3 Å². The Bertz CT molecular complexity index is 691. The summed E-state index contributed by atoms with van der Waals surface area (Å²) in [6, 6.07) is 12.5. The largest absolute Gasteiger partial charge is 0.439 e. The number of anilines is 1. The van der Waals surface area contributed by atoms with Gasteiger partial charge >= 0.3 is 0 Å². The number of para-hydroxylation sites is 1. The van der Waals surface area contributed by atoms with Gasteiger partial charge in [0.15, 0.2) is 0 Å². The summed E-state index contributed by atoms with van der Waals surface area (Å²) in [6.07, 6.45) is 2.91. The van der Waals surface area contributed by atoms with Crippen LogP contribution in [0.2, 0.25) is 0 Å². The van der Waals surface area contributed by atoms with Gasteiger partial charge in [-0.2, -0.15) is 4.98 Å². The van der Waals surface area contributed by atoms with Crippen LogP contribution < -0.4 is 9.64 Å². The molecule has 2 atom stereocenters. The molecule has 0 spiro atoms. The quantitative estimate of drug-likeness (QED) is 0.853. The van der Waals surface area contributed by atoms with Gasteiger partial charge in [-0.15, -0.1) is 0 Å². The molecule has 0 radical (unpaired) electrons. The first kappa shape index (κ1) is 16.3. The summed E-state index contributed by atoms with van der Waals surface area (Å²) in [5, 5.41) is 0. The number of hydrogen-bond acceptors (Lipinski definition) is 6. The van der Waals surface area contributed by atoms with Gasteiger partial charge in [0.2, 0.25) is 11.8 Å². The third-order valence-electron chi connectivity index (χ3n) is 4.95. The van der Waals surface area contributed by atoms with Crippen LogP contribution in [-0.2, 0) is 4.74 Å². The van der Waals surface area contributed by atoms with Crippen molar-refractivity contribution in [1.82, 2.24) is 14.9 Å². The number of ether oxygens (including phenoxy) is 2. The van der Waals surface area contributed by atoms with E-state index in [4.69, 9.17) is 9.47 Å². The van der Waals surface area contributed by atoms with Gasteiger partial charge in [-0.05, 0) is 25.5 Å². The van der Waals surface area contributed by atoms with Gasteiger partial charge in [-0.25, -0.2) is 4.98 Å². The van der Waals surface area contributed by atoms with Crippen LogP contribution in [0.25, 0.3) is 0 Å². The van der Waals surface area contributed by atoms with Crippen molar-refractivity contribution in [2.24, 2.45) is 0 Å². The lowest BCUT2D eigenvalue weighted by atomic mass is 10.1. The Hall–Kier alpha value is -2.18. The minimum Gasteiger partial charge on any atom is -0.439 e. The Morgan fingerprint density at radius 2 is 1.92 bits per heavy atom. The van der Waals surface area contributed by atoms with Crippen LogP contribution in [0.1, 0.15) is 13.3 Å². The molecule has 0 saturated carbocycles. The lowest BCUT2D eigenvalue weighted by Gasteiger charge is -2.32. The Kier molecular flexibility index (Phi) is 4.81. The predicted molar refractivity (Wildman–Crippen MR) is 96.2 cm³/mol. The van der Waals surface area contributed by atoms with Crippen LogP contribution in [0.3, 0.4) is 0 Å². The number of rotatable bonds is 4. The van der Waals surface area contributed by atoms with E-state index in [0.717, 1.165) is 51.0 Å². The molecular weight excluding hydrogens is 316 g/mol. The summed E-state index contributed by atoms with van der Waals surface area (Å²) in [7, 11) is 0. The van der Waals surface area contributed by atoms with Gasteiger partial charge in [0.1, 0.15) is 5.75 Å². The summed E-state index contributed by atoms with van der Waals surface area (Å²) < 4.78 is 11.3. The second kappa shape index (κ2) is 7.37. The normalized spacial score (nSPS) is 24.4. The van der Waals surface area contributed by atoms with Crippen molar-refractivity contribution in [2.75, 3.05) is 37.7 Å². The second-order valence-electron chi connectivity index (χ2n) is 6.65. The molecule has 0 N–H and O–H groups in total. The molecule has 0 aliphatic carbocycles. The van der Waals surface area contributed by atoms with E-state index in [2.05, 4.69) is 26.7 Å². The fourth-order valence-electron chi connectivity index (χ4n) is 3.63. The molecule has 2 aromatic rings. The Morgan fingerprint density at radius 1 is 1.12 bits per heavy atom. The van der Waals surface area contributed by atoms with Gasteiger partial charge < -0.3 is 14.4 Å². The fraction of sp³-hybridized carbons (Fsp3) is 0.474. The second-order valence-corrected chi connectivity index (χ2v) is 6.65. The average molecular weight is 340 g/mol. The third kappa shape index (κ3) is 3.75. The van der Waals surface area contributed by atoms with Crippen molar-refractivity contribution in [2.45, 2.75) is 25.4 Å². The number of aromatic nitrogens is 2. The minimum absolute atomic E-state index is 0.417. The standard InChI is InChI=1S/C19H24N4O2/c1-15-13-16(22-9-11-24-12-10-22)14-23(15)19-20-8-7-18(21-19)25-17-5-3-2-4-6-17/h2-8,15-16H,9-14H2,1H3. The minimum atomic E-state index is 0.417. The maximum atomic E-state index is 5.85. The van der Waals surface area contributed by atoms with Crippen molar-refractivity contribution in [3.63, 3.8) is 0 Å². The SMILES string of the molecule is CC1CC(N2CCOCC2)CN1c1nccc(Oc2ccccc2)n1. The summed E-state index contributed by atoms with van der Waals surface area (Å²) in [5.41, 5.74) is 0. The fourth-order valence-corrected chi connectivity index (χ4v) is 3.63. The molecule has 2 aliphatic rings. The Morgan fingerprint density at radius 3 is 2.72 bits per heavy atom. The third-order valence-corrected chi connectivity index (χ3v) is 4.95. The zero-order chi connectivity index (χ0) is 17.1. The first-order valence-corrected chi connectivity index (χ1v) is 8.94. The Balaban J connectivity index is 1.47. The van der Waals surface area contributed by atoms with Gasteiger partial charge in [-0.1, -0.05) is 18.2 Å². The van der Waals surface area contributed by atoms with Crippen LogP contribution in [0.15, 0.2) is 42.6 Å². The lowest BCUT2D eigenvalue weighted by molar-refractivity contribution is 0.0204. The molecule has 0 amide bonds. The molecule has 4 rings (SSSR count). The topological polar surface area (TPSA) is 50.7 Å². The highest BCUT2D eigenvalue weighted by molar-refractivity contribution is 5.37. The van der Waals surface area contributed by atoms with Crippen LogP contribution in [0, 0.1) is 0 Å². The van der Waals surface area contributed by atoms with E-state index in [1.807, 2.05) is 30.3 Å². The number of morpholine rings is 1. The van der Waals surface area contributed by atoms with Gasteiger partial charge in [0.05, 0.1) is 13.2 Å². The van der Waals surface area contributed by atoms with Crippen molar-refractivity contribution >= 4 is 5.95 Å². The van der Waals surface area contributed by atoms with Crippen LogP contribution in [0.4, 0.5) is 5.95 Å². The number of benzene rings is 1. The summed E-state index contributed by atoms with van der Waals surface area (Å²) >= 11 is 0.